The molecule has 0 saturated carbocycles. The van der Waals surface area contributed by atoms with E-state index in [1.165, 1.54) is 5.39 Å². The van der Waals surface area contributed by atoms with E-state index in [0.29, 0.717) is 13.1 Å². The summed E-state index contributed by atoms with van der Waals surface area (Å²) in [7, 11) is 0. The van der Waals surface area contributed by atoms with Gasteiger partial charge >= 0.3 is 0 Å². The molecule has 0 spiro atoms. The first-order valence-electron chi connectivity index (χ1n) is 8.58. The highest BCUT2D eigenvalue weighted by Crippen LogP contribution is 2.27. The average Bonchev–Trinajstić information content (AvgIpc) is 2.92. The number of rotatable bonds is 5. The van der Waals surface area contributed by atoms with Crippen molar-refractivity contribution in [2.24, 2.45) is 0 Å². The molecule has 3 nitrogen and oxygen atoms in total. The van der Waals surface area contributed by atoms with Gasteiger partial charge in [0.1, 0.15) is 5.69 Å². The third kappa shape index (κ3) is 2.82. The summed E-state index contributed by atoms with van der Waals surface area (Å²) < 4.78 is 2.14. The van der Waals surface area contributed by atoms with Crippen molar-refractivity contribution in [3.63, 3.8) is 0 Å². The Hall–Kier alpha value is -2.55. The lowest BCUT2D eigenvalue weighted by Gasteiger charge is -2.22. The highest BCUT2D eigenvalue weighted by Gasteiger charge is 2.23. The molecule has 0 aliphatic rings. The Morgan fingerprint density at radius 2 is 1.67 bits per heavy atom. The van der Waals surface area contributed by atoms with Crippen molar-refractivity contribution in [1.29, 1.82) is 0 Å². The Morgan fingerprint density at radius 3 is 2.33 bits per heavy atom. The number of amides is 1. The summed E-state index contributed by atoms with van der Waals surface area (Å²) in [6, 6.07) is 18.4. The van der Waals surface area contributed by atoms with E-state index in [0.717, 1.165) is 28.9 Å². The van der Waals surface area contributed by atoms with Crippen LogP contribution in [0.4, 0.5) is 0 Å². The molecule has 3 rings (SSSR count). The van der Waals surface area contributed by atoms with E-state index >= 15 is 0 Å². The molecule has 0 unspecified atom stereocenters. The number of para-hydroxylation sites is 1. The van der Waals surface area contributed by atoms with Gasteiger partial charge in [0.25, 0.3) is 5.91 Å². The minimum atomic E-state index is 0.108. The minimum absolute atomic E-state index is 0.108. The van der Waals surface area contributed by atoms with Crippen molar-refractivity contribution < 1.29 is 4.79 Å². The molecule has 0 fully saturated rings. The van der Waals surface area contributed by atoms with Crippen LogP contribution in [0.15, 0.2) is 54.6 Å². The van der Waals surface area contributed by atoms with E-state index in [1.54, 1.807) is 0 Å². The van der Waals surface area contributed by atoms with Crippen LogP contribution in [0, 0.1) is 6.92 Å². The average molecular weight is 320 g/mol. The molecule has 0 aliphatic carbocycles. The molecule has 1 amide bonds. The van der Waals surface area contributed by atoms with E-state index < -0.39 is 0 Å². The van der Waals surface area contributed by atoms with Crippen molar-refractivity contribution in [3.8, 4) is 0 Å². The summed E-state index contributed by atoms with van der Waals surface area (Å²) in [5.41, 5.74) is 4.18. The maximum atomic E-state index is 13.3. The lowest BCUT2D eigenvalue weighted by atomic mass is 10.1. The molecule has 1 heterocycles. The maximum Gasteiger partial charge on any atom is 0.271 e. The smallest absolute Gasteiger partial charge is 0.271 e. The highest BCUT2D eigenvalue weighted by molar-refractivity contribution is 6.01. The number of fused-ring (bicyclic) bond motifs is 1. The first-order valence-corrected chi connectivity index (χ1v) is 8.58. The van der Waals surface area contributed by atoms with Crippen molar-refractivity contribution in [2.75, 3.05) is 6.54 Å². The van der Waals surface area contributed by atoms with Crippen molar-refractivity contribution in [2.45, 2.75) is 33.9 Å². The van der Waals surface area contributed by atoms with Crippen LogP contribution < -0.4 is 0 Å². The van der Waals surface area contributed by atoms with Gasteiger partial charge in [-0.25, -0.2) is 0 Å². The quantitative estimate of drug-likeness (QED) is 0.673. The van der Waals surface area contributed by atoms with Crippen molar-refractivity contribution in [3.05, 3.63) is 71.4 Å². The van der Waals surface area contributed by atoms with E-state index in [9.17, 15) is 4.79 Å². The lowest BCUT2D eigenvalue weighted by Crippen LogP contribution is -2.32. The third-order valence-electron chi connectivity index (χ3n) is 4.63. The fourth-order valence-corrected chi connectivity index (χ4v) is 3.36. The summed E-state index contributed by atoms with van der Waals surface area (Å²) in [6.45, 7) is 8.31. The molecule has 0 atom stereocenters. The zero-order valence-electron chi connectivity index (χ0n) is 14.6. The van der Waals surface area contributed by atoms with Gasteiger partial charge in [-0.2, -0.15) is 0 Å². The summed E-state index contributed by atoms with van der Waals surface area (Å²) in [5, 5.41) is 1.17. The number of carbonyl (C=O) groups is 1. The highest BCUT2D eigenvalue weighted by atomic mass is 16.2. The molecule has 0 radical (unpaired) electrons. The van der Waals surface area contributed by atoms with Gasteiger partial charge in [-0.15, -0.1) is 0 Å². The molecule has 2 aromatic carbocycles. The standard InChI is InChI=1S/C21H24N2O/c1-4-22(15-17-11-7-6-8-12-17)21(24)20-16(3)18-13-9-10-14-19(18)23(20)5-2/h6-14H,4-5,15H2,1-3H3. The first kappa shape index (κ1) is 16.3. The van der Waals surface area contributed by atoms with E-state index in [-0.39, 0.29) is 5.91 Å². The number of hydrogen-bond donors (Lipinski definition) is 0. The molecule has 1 aromatic heterocycles. The summed E-state index contributed by atoms with van der Waals surface area (Å²) in [6.07, 6.45) is 0. The Bertz CT molecular complexity index is 849. The van der Waals surface area contributed by atoms with E-state index in [2.05, 4.69) is 42.7 Å². The largest absolute Gasteiger partial charge is 0.337 e. The number of hydrogen-bond acceptors (Lipinski definition) is 1. The van der Waals surface area contributed by atoms with Crippen LogP contribution in [0.2, 0.25) is 0 Å². The molecule has 24 heavy (non-hydrogen) atoms. The minimum Gasteiger partial charge on any atom is -0.337 e. The molecule has 3 heteroatoms. The second-order valence-corrected chi connectivity index (χ2v) is 6.04. The molecule has 124 valence electrons. The number of carbonyl (C=O) groups excluding carboxylic acids is 1. The van der Waals surface area contributed by atoms with Gasteiger partial charge in [-0.05, 0) is 38.0 Å². The molecular formula is C21H24N2O. The number of nitrogens with zero attached hydrogens (tertiary/aromatic N) is 2. The Labute approximate surface area is 143 Å². The van der Waals surface area contributed by atoms with Crippen LogP contribution in [0.25, 0.3) is 10.9 Å². The Kier molecular flexibility index (Phi) is 4.70. The molecular weight excluding hydrogens is 296 g/mol. The fraction of sp³-hybridized carbons (Fsp3) is 0.286. The summed E-state index contributed by atoms with van der Waals surface area (Å²) in [4.78, 5) is 15.2. The van der Waals surface area contributed by atoms with Gasteiger partial charge in [0.15, 0.2) is 0 Å². The SMILES string of the molecule is CCN(Cc1ccccc1)C(=O)c1c(C)c2ccccc2n1CC. The summed E-state index contributed by atoms with van der Waals surface area (Å²) >= 11 is 0. The van der Waals surface area contributed by atoms with Gasteiger partial charge < -0.3 is 9.47 Å². The predicted molar refractivity (Wildman–Crippen MR) is 99.2 cm³/mol. The van der Waals surface area contributed by atoms with E-state index in [4.69, 9.17) is 0 Å². The van der Waals surface area contributed by atoms with Gasteiger partial charge in [0.2, 0.25) is 0 Å². The van der Waals surface area contributed by atoms with Crippen LogP contribution in [-0.2, 0) is 13.1 Å². The molecule has 0 saturated heterocycles. The first-order chi connectivity index (χ1) is 11.7. The second-order valence-electron chi connectivity index (χ2n) is 6.04. The van der Waals surface area contributed by atoms with Crippen molar-refractivity contribution in [1.82, 2.24) is 9.47 Å². The van der Waals surface area contributed by atoms with E-state index in [1.807, 2.05) is 42.2 Å². The zero-order chi connectivity index (χ0) is 17.1. The normalized spacial score (nSPS) is 11.0. The van der Waals surface area contributed by atoms with Gasteiger partial charge in [-0.3, -0.25) is 4.79 Å². The fourth-order valence-electron chi connectivity index (χ4n) is 3.36. The van der Waals surface area contributed by atoms with Crippen LogP contribution in [0.5, 0.6) is 0 Å². The second kappa shape index (κ2) is 6.91. The molecule has 0 N–H and O–H groups in total. The number of aryl methyl sites for hydroxylation is 2. The van der Waals surface area contributed by atoms with Gasteiger partial charge in [-0.1, -0.05) is 48.5 Å². The molecule has 0 bridgehead atoms. The zero-order valence-corrected chi connectivity index (χ0v) is 14.6. The van der Waals surface area contributed by atoms with Crippen LogP contribution in [0.3, 0.4) is 0 Å². The predicted octanol–water partition coefficient (Wildman–Crippen LogP) is 4.63. The van der Waals surface area contributed by atoms with Crippen LogP contribution in [0.1, 0.15) is 35.5 Å². The monoisotopic (exact) mass is 320 g/mol. The molecule has 0 aliphatic heterocycles. The number of aromatic nitrogens is 1. The lowest BCUT2D eigenvalue weighted by molar-refractivity contribution is 0.0741. The molecule has 3 aromatic rings. The Balaban J connectivity index is 2.02. The van der Waals surface area contributed by atoms with Crippen LogP contribution in [-0.4, -0.2) is 21.9 Å². The number of benzene rings is 2. The van der Waals surface area contributed by atoms with Gasteiger partial charge in [0, 0.05) is 30.5 Å². The third-order valence-corrected chi connectivity index (χ3v) is 4.63. The summed E-state index contributed by atoms with van der Waals surface area (Å²) in [5.74, 6) is 0.108. The Morgan fingerprint density at radius 1 is 1.00 bits per heavy atom. The maximum absolute atomic E-state index is 13.3. The van der Waals surface area contributed by atoms with Crippen LogP contribution >= 0.6 is 0 Å². The van der Waals surface area contributed by atoms with Crippen molar-refractivity contribution >= 4 is 16.8 Å². The topological polar surface area (TPSA) is 25.2 Å². The van der Waals surface area contributed by atoms with Gasteiger partial charge in [0.05, 0.1) is 0 Å².